The van der Waals surface area contributed by atoms with Crippen LogP contribution in [0.5, 0.6) is 0 Å². The molecule has 0 spiro atoms. The fourth-order valence-corrected chi connectivity index (χ4v) is 2.97. The lowest BCUT2D eigenvalue weighted by molar-refractivity contribution is -0.384. The summed E-state index contributed by atoms with van der Waals surface area (Å²) in [6, 6.07) is 6.35. The number of hydrogen-bond donors (Lipinski definition) is 0. The van der Waals surface area contributed by atoms with Crippen molar-refractivity contribution < 1.29 is 14.5 Å². The number of nitrogens with zero attached hydrogens (tertiary/aromatic N) is 4. The molecule has 0 N–H and O–H groups in total. The molecule has 1 aromatic carbocycles. The van der Waals surface area contributed by atoms with Gasteiger partial charge in [0.2, 0.25) is 11.1 Å². The Hall–Kier alpha value is -2.01. The zero-order valence-electron chi connectivity index (χ0n) is 13.3. The third kappa shape index (κ3) is 4.34. The van der Waals surface area contributed by atoms with Crippen molar-refractivity contribution in [2.24, 2.45) is 0 Å². The molecule has 0 radical (unpaired) electrons. The summed E-state index contributed by atoms with van der Waals surface area (Å²) in [6.07, 6.45) is 1.37. The third-order valence-electron chi connectivity index (χ3n) is 3.40. The number of carbonyl (C=O) groups excluding carboxylic acids is 1. The molecule has 0 bridgehead atoms. The number of esters is 1. The van der Waals surface area contributed by atoms with E-state index >= 15 is 0 Å². The molecule has 8 nitrogen and oxygen atoms in total. The number of halogens is 2. The SMILES string of the molecule is CCC(C(=O)OC)N(c1cccc(I)c1)c1nc(Cl)ncc1[N+](=O)[O-]. The maximum absolute atomic E-state index is 12.3. The van der Waals surface area contributed by atoms with Gasteiger partial charge in [0.25, 0.3) is 0 Å². The minimum atomic E-state index is -0.812. The van der Waals surface area contributed by atoms with Crippen LogP contribution in [0.4, 0.5) is 17.2 Å². The first-order valence-electron chi connectivity index (χ1n) is 7.18. The summed E-state index contributed by atoms with van der Waals surface area (Å²) in [6.45, 7) is 1.77. The Bertz CT molecular complexity index is 805. The molecule has 1 unspecified atom stereocenters. The van der Waals surface area contributed by atoms with Crippen LogP contribution in [0, 0.1) is 13.7 Å². The molecule has 1 aromatic heterocycles. The van der Waals surface area contributed by atoms with Gasteiger partial charge in [0, 0.05) is 9.26 Å². The zero-order valence-corrected chi connectivity index (χ0v) is 16.3. The molecule has 1 heterocycles. The smallest absolute Gasteiger partial charge is 0.330 e. The summed E-state index contributed by atoms with van der Waals surface area (Å²) < 4.78 is 5.75. The van der Waals surface area contributed by atoms with Crippen LogP contribution >= 0.6 is 34.2 Å². The molecule has 2 aromatic rings. The number of ether oxygens (including phenoxy) is 1. The van der Waals surface area contributed by atoms with Crippen molar-refractivity contribution in [3.63, 3.8) is 0 Å². The van der Waals surface area contributed by atoms with Gasteiger partial charge < -0.3 is 9.64 Å². The fourth-order valence-electron chi connectivity index (χ4n) is 2.32. The number of benzene rings is 1. The van der Waals surface area contributed by atoms with Crippen LogP contribution in [-0.4, -0.2) is 34.0 Å². The van der Waals surface area contributed by atoms with E-state index in [0.29, 0.717) is 12.1 Å². The molecule has 0 saturated heterocycles. The number of carbonyl (C=O) groups is 1. The van der Waals surface area contributed by atoms with Gasteiger partial charge in [-0.05, 0) is 58.8 Å². The van der Waals surface area contributed by atoms with Crippen molar-refractivity contribution >= 4 is 57.4 Å². The Labute approximate surface area is 162 Å². The van der Waals surface area contributed by atoms with Crippen molar-refractivity contribution in [1.82, 2.24) is 9.97 Å². The minimum Gasteiger partial charge on any atom is -0.467 e. The predicted octanol–water partition coefficient (Wildman–Crippen LogP) is 3.73. The van der Waals surface area contributed by atoms with E-state index in [9.17, 15) is 14.9 Å². The van der Waals surface area contributed by atoms with E-state index in [1.165, 1.54) is 12.0 Å². The second-order valence-corrected chi connectivity index (χ2v) is 6.49. The molecule has 10 heteroatoms. The molecular weight excluding hydrogens is 463 g/mol. The fraction of sp³-hybridized carbons (Fsp3) is 0.267. The van der Waals surface area contributed by atoms with E-state index in [4.69, 9.17) is 16.3 Å². The molecule has 0 aliphatic carbocycles. The average molecular weight is 477 g/mol. The Morgan fingerprint density at radius 2 is 2.24 bits per heavy atom. The molecular formula is C15H14ClIN4O4. The maximum atomic E-state index is 12.3. The van der Waals surface area contributed by atoms with E-state index < -0.39 is 16.9 Å². The highest BCUT2D eigenvalue weighted by molar-refractivity contribution is 14.1. The van der Waals surface area contributed by atoms with Gasteiger partial charge in [0.1, 0.15) is 12.2 Å². The van der Waals surface area contributed by atoms with Crippen molar-refractivity contribution in [2.45, 2.75) is 19.4 Å². The first-order valence-corrected chi connectivity index (χ1v) is 8.64. The van der Waals surface area contributed by atoms with Crippen LogP contribution in [0.3, 0.4) is 0 Å². The first kappa shape index (κ1) is 19.3. The van der Waals surface area contributed by atoms with Crippen LogP contribution in [0.1, 0.15) is 13.3 Å². The molecule has 1 atom stereocenters. The predicted molar refractivity (Wildman–Crippen MR) is 101 cm³/mol. The molecule has 132 valence electrons. The average Bonchev–Trinajstić information content (AvgIpc) is 2.58. The number of rotatable bonds is 6. The van der Waals surface area contributed by atoms with E-state index in [0.717, 1.165) is 9.77 Å². The van der Waals surface area contributed by atoms with Crippen molar-refractivity contribution in [3.05, 3.63) is 49.4 Å². The molecule has 0 saturated carbocycles. The summed E-state index contributed by atoms with van der Waals surface area (Å²) in [5.74, 6) is -0.602. The van der Waals surface area contributed by atoms with E-state index in [1.54, 1.807) is 25.1 Å². The summed E-state index contributed by atoms with van der Waals surface area (Å²) >= 11 is 7.97. The lowest BCUT2D eigenvalue weighted by atomic mass is 10.1. The Kier molecular flexibility index (Phi) is 6.48. The second-order valence-electron chi connectivity index (χ2n) is 4.90. The summed E-state index contributed by atoms with van der Waals surface area (Å²) in [4.78, 5) is 32.2. The van der Waals surface area contributed by atoms with Gasteiger partial charge in [-0.3, -0.25) is 10.1 Å². The number of nitro groups is 1. The molecule has 0 aliphatic rings. The van der Waals surface area contributed by atoms with Gasteiger partial charge in [-0.1, -0.05) is 13.0 Å². The molecule has 0 amide bonds. The van der Waals surface area contributed by atoms with E-state index in [1.807, 2.05) is 6.07 Å². The van der Waals surface area contributed by atoms with Crippen LogP contribution in [0.25, 0.3) is 0 Å². The van der Waals surface area contributed by atoms with Crippen molar-refractivity contribution in [1.29, 1.82) is 0 Å². The number of anilines is 2. The largest absolute Gasteiger partial charge is 0.467 e. The zero-order chi connectivity index (χ0) is 18.6. The lowest BCUT2D eigenvalue weighted by Gasteiger charge is -2.30. The standard InChI is InChI=1S/C15H14ClIN4O4/c1-3-11(14(22)25-2)20(10-6-4-5-9(17)7-10)13-12(21(23)24)8-18-15(16)19-13/h4-8,11H,3H2,1-2H3. The van der Waals surface area contributed by atoms with Crippen LogP contribution < -0.4 is 4.90 Å². The molecule has 25 heavy (non-hydrogen) atoms. The Morgan fingerprint density at radius 1 is 1.52 bits per heavy atom. The number of hydrogen-bond acceptors (Lipinski definition) is 7. The molecule has 0 fully saturated rings. The van der Waals surface area contributed by atoms with Gasteiger partial charge in [-0.2, -0.15) is 4.98 Å². The highest BCUT2D eigenvalue weighted by Crippen LogP contribution is 2.35. The van der Waals surface area contributed by atoms with Crippen LogP contribution in [0.15, 0.2) is 30.5 Å². The number of methoxy groups -OCH3 is 1. The first-order chi connectivity index (χ1) is 11.9. The van der Waals surface area contributed by atoms with Crippen LogP contribution in [-0.2, 0) is 9.53 Å². The Morgan fingerprint density at radius 3 is 2.80 bits per heavy atom. The van der Waals surface area contributed by atoms with E-state index in [2.05, 4.69) is 32.6 Å². The number of aromatic nitrogens is 2. The third-order valence-corrected chi connectivity index (χ3v) is 4.26. The lowest BCUT2D eigenvalue weighted by Crippen LogP contribution is -2.39. The summed E-state index contributed by atoms with van der Waals surface area (Å²) in [7, 11) is 1.26. The highest BCUT2D eigenvalue weighted by atomic mass is 127. The normalized spacial score (nSPS) is 11.7. The second kappa shape index (κ2) is 8.39. The summed E-state index contributed by atoms with van der Waals surface area (Å²) in [5.41, 5.74) is 0.202. The van der Waals surface area contributed by atoms with Gasteiger partial charge in [0.15, 0.2) is 0 Å². The highest BCUT2D eigenvalue weighted by Gasteiger charge is 2.33. The topological polar surface area (TPSA) is 98.5 Å². The van der Waals surface area contributed by atoms with Gasteiger partial charge in [0.05, 0.1) is 12.0 Å². The quantitative estimate of drug-likeness (QED) is 0.206. The van der Waals surface area contributed by atoms with Crippen molar-refractivity contribution in [3.8, 4) is 0 Å². The van der Waals surface area contributed by atoms with Crippen molar-refractivity contribution in [2.75, 3.05) is 12.0 Å². The van der Waals surface area contributed by atoms with Gasteiger partial charge in [-0.15, -0.1) is 0 Å². The maximum Gasteiger partial charge on any atom is 0.330 e. The van der Waals surface area contributed by atoms with E-state index in [-0.39, 0.29) is 16.8 Å². The minimum absolute atomic E-state index is 0.0655. The monoisotopic (exact) mass is 476 g/mol. The Balaban J connectivity index is 2.73. The van der Waals surface area contributed by atoms with Gasteiger partial charge >= 0.3 is 11.7 Å². The van der Waals surface area contributed by atoms with Gasteiger partial charge in [-0.25, -0.2) is 9.78 Å². The molecule has 0 aliphatic heterocycles. The molecule has 2 rings (SSSR count). The van der Waals surface area contributed by atoms with Crippen LogP contribution in [0.2, 0.25) is 5.28 Å². The summed E-state index contributed by atoms with van der Waals surface area (Å²) in [5, 5.41) is 11.3.